The molecule has 0 N–H and O–H groups in total. The first-order valence-electron chi connectivity index (χ1n) is 5.36. The maximum atomic E-state index is 3.69. The van der Waals surface area contributed by atoms with Crippen LogP contribution in [0, 0.1) is 11.3 Å². The Morgan fingerprint density at radius 1 is 1.36 bits per heavy atom. The normalized spacial score (nSPS) is 15.9. The van der Waals surface area contributed by atoms with Crippen LogP contribution in [0.3, 0.4) is 0 Å². The maximum Gasteiger partial charge on any atom is -0.0189 e. The maximum absolute atomic E-state index is 3.69. The zero-order valence-corrected chi connectivity index (χ0v) is 10.3. The summed E-state index contributed by atoms with van der Waals surface area (Å²) in [7, 11) is 0. The highest BCUT2D eigenvalue weighted by Crippen LogP contribution is 2.28. The van der Waals surface area contributed by atoms with Crippen LogP contribution in [0.5, 0.6) is 0 Å². The van der Waals surface area contributed by atoms with Gasteiger partial charge in [0.05, 0.1) is 0 Å². The molecule has 0 aromatic carbocycles. The average Bonchev–Trinajstić information content (AvgIpc) is 2.02. The van der Waals surface area contributed by atoms with Crippen molar-refractivity contribution < 1.29 is 0 Å². The second-order valence-corrected chi connectivity index (χ2v) is 5.05. The lowest BCUT2D eigenvalue weighted by Gasteiger charge is -2.24. The van der Waals surface area contributed by atoms with Crippen LogP contribution in [0.25, 0.3) is 0 Å². The van der Waals surface area contributed by atoms with Crippen LogP contribution in [0.1, 0.15) is 41.0 Å². The van der Waals surface area contributed by atoms with Crippen molar-refractivity contribution >= 4 is 0 Å². The Bertz CT molecular complexity index is 223. The fourth-order valence-electron chi connectivity index (χ4n) is 1.76. The van der Waals surface area contributed by atoms with Gasteiger partial charge in [0.2, 0.25) is 0 Å². The smallest absolute Gasteiger partial charge is 0.0189 e. The van der Waals surface area contributed by atoms with Crippen molar-refractivity contribution in [3.05, 3.63) is 36.5 Å². The third-order valence-electron chi connectivity index (χ3n) is 2.25. The van der Waals surface area contributed by atoms with Gasteiger partial charge >= 0.3 is 0 Å². The summed E-state index contributed by atoms with van der Waals surface area (Å²) in [6, 6.07) is 0. The Kier molecular flexibility index (Phi) is 5.52. The first kappa shape index (κ1) is 13.2. The quantitative estimate of drug-likeness (QED) is 0.564. The third-order valence-corrected chi connectivity index (χ3v) is 2.25. The van der Waals surface area contributed by atoms with Crippen molar-refractivity contribution in [3.63, 3.8) is 0 Å². The SMILES string of the molecule is C=C/C=C\C(=C/C)C(C)CC(C)(C)C. The predicted molar refractivity (Wildman–Crippen MR) is 66.3 cm³/mol. The number of hydrogen-bond acceptors (Lipinski definition) is 0. The summed E-state index contributed by atoms with van der Waals surface area (Å²) >= 11 is 0. The minimum Gasteiger partial charge on any atom is -0.0991 e. The van der Waals surface area contributed by atoms with E-state index in [1.807, 2.05) is 12.2 Å². The zero-order chi connectivity index (χ0) is 11.2. The van der Waals surface area contributed by atoms with E-state index in [1.165, 1.54) is 12.0 Å². The molecule has 0 fully saturated rings. The summed E-state index contributed by atoms with van der Waals surface area (Å²) in [5, 5.41) is 0. The molecule has 0 rings (SSSR count). The molecule has 0 aromatic heterocycles. The molecule has 0 nitrogen and oxygen atoms in total. The van der Waals surface area contributed by atoms with E-state index in [4.69, 9.17) is 0 Å². The van der Waals surface area contributed by atoms with Crippen LogP contribution in [0.4, 0.5) is 0 Å². The number of rotatable bonds is 4. The van der Waals surface area contributed by atoms with Gasteiger partial charge in [-0.15, -0.1) is 0 Å². The molecule has 0 aliphatic heterocycles. The minimum atomic E-state index is 0.399. The standard InChI is InChI=1S/C14H24/c1-7-9-10-13(8-2)12(3)11-14(4,5)6/h7-10,12H,1,11H2,2-6H3/b10-9-,13-8+. The van der Waals surface area contributed by atoms with Gasteiger partial charge in [-0.2, -0.15) is 0 Å². The molecule has 0 amide bonds. The molecular weight excluding hydrogens is 168 g/mol. The first-order valence-corrected chi connectivity index (χ1v) is 5.36. The first-order chi connectivity index (χ1) is 6.40. The average molecular weight is 192 g/mol. The van der Waals surface area contributed by atoms with Gasteiger partial charge in [0.1, 0.15) is 0 Å². The van der Waals surface area contributed by atoms with E-state index in [2.05, 4.69) is 53.3 Å². The molecule has 1 unspecified atom stereocenters. The zero-order valence-electron chi connectivity index (χ0n) is 10.3. The molecule has 0 spiro atoms. The molecule has 1 atom stereocenters. The fraction of sp³-hybridized carbons (Fsp3) is 0.571. The molecule has 0 radical (unpaired) electrons. The van der Waals surface area contributed by atoms with E-state index in [9.17, 15) is 0 Å². The van der Waals surface area contributed by atoms with Gasteiger partial charge in [0, 0.05) is 0 Å². The summed E-state index contributed by atoms with van der Waals surface area (Å²) in [5.74, 6) is 0.621. The van der Waals surface area contributed by atoms with E-state index < -0.39 is 0 Å². The molecule has 14 heavy (non-hydrogen) atoms. The van der Waals surface area contributed by atoms with Crippen molar-refractivity contribution in [1.82, 2.24) is 0 Å². The second-order valence-electron chi connectivity index (χ2n) is 5.05. The Morgan fingerprint density at radius 3 is 2.29 bits per heavy atom. The van der Waals surface area contributed by atoms with Gasteiger partial charge in [-0.05, 0) is 30.3 Å². The predicted octanol–water partition coefficient (Wildman–Crippen LogP) is 4.75. The lowest BCUT2D eigenvalue weighted by Crippen LogP contribution is -2.12. The van der Waals surface area contributed by atoms with Crippen LogP contribution in [-0.2, 0) is 0 Å². The summed E-state index contributed by atoms with van der Waals surface area (Å²) < 4.78 is 0. The monoisotopic (exact) mass is 192 g/mol. The Labute approximate surface area is 89.4 Å². The van der Waals surface area contributed by atoms with Crippen molar-refractivity contribution in [2.75, 3.05) is 0 Å². The van der Waals surface area contributed by atoms with E-state index in [1.54, 1.807) is 0 Å². The van der Waals surface area contributed by atoms with Crippen LogP contribution in [0.15, 0.2) is 36.5 Å². The van der Waals surface area contributed by atoms with Gasteiger partial charge in [-0.3, -0.25) is 0 Å². The van der Waals surface area contributed by atoms with Crippen molar-refractivity contribution in [2.45, 2.75) is 41.0 Å². The van der Waals surface area contributed by atoms with Gasteiger partial charge < -0.3 is 0 Å². The minimum absolute atomic E-state index is 0.399. The summed E-state index contributed by atoms with van der Waals surface area (Å²) in [6.07, 6.45) is 9.40. The topological polar surface area (TPSA) is 0 Å². The van der Waals surface area contributed by atoms with E-state index in [-0.39, 0.29) is 0 Å². The summed E-state index contributed by atoms with van der Waals surface area (Å²) in [5.41, 5.74) is 1.80. The van der Waals surface area contributed by atoms with Gasteiger partial charge in [-0.1, -0.05) is 58.6 Å². The Balaban J connectivity index is 4.41. The Morgan fingerprint density at radius 2 is 1.93 bits per heavy atom. The van der Waals surface area contributed by atoms with Gasteiger partial charge in [0.15, 0.2) is 0 Å². The summed E-state index contributed by atoms with van der Waals surface area (Å²) in [6.45, 7) is 14.9. The van der Waals surface area contributed by atoms with E-state index in [0.29, 0.717) is 11.3 Å². The van der Waals surface area contributed by atoms with Gasteiger partial charge in [0.25, 0.3) is 0 Å². The second kappa shape index (κ2) is 5.85. The third kappa shape index (κ3) is 5.80. The lowest BCUT2D eigenvalue weighted by atomic mass is 9.82. The highest BCUT2D eigenvalue weighted by Gasteiger charge is 2.16. The highest BCUT2D eigenvalue weighted by molar-refractivity contribution is 5.23. The Hall–Kier alpha value is -0.780. The molecule has 0 saturated carbocycles. The molecule has 0 heterocycles. The van der Waals surface area contributed by atoms with E-state index >= 15 is 0 Å². The lowest BCUT2D eigenvalue weighted by molar-refractivity contribution is 0.331. The largest absolute Gasteiger partial charge is 0.0991 e. The number of allylic oxidation sites excluding steroid dienone is 5. The van der Waals surface area contributed by atoms with Crippen LogP contribution < -0.4 is 0 Å². The number of hydrogen-bond donors (Lipinski definition) is 0. The van der Waals surface area contributed by atoms with Crippen molar-refractivity contribution in [3.8, 4) is 0 Å². The van der Waals surface area contributed by atoms with Crippen molar-refractivity contribution in [2.24, 2.45) is 11.3 Å². The van der Waals surface area contributed by atoms with E-state index in [0.717, 1.165) is 0 Å². The molecule has 0 bridgehead atoms. The molecule has 0 aromatic rings. The van der Waals surface area contributed by atoms with Crippen LogP contribution in [0.2, 0.25) is 0 Å². The highest BCUT2D eigenvalue weighted by atomic mass is 14.2. The molecule has 80 valence electrons. The van der Waals surface area contributed by atoms with Crippen molar-refractivity contribution in [1.29, 1.82) is 0 Å². The molecule has 0 aliphatic carbocycles. The van der Waals surface area contributed by atoms with Crippen LogP contribution >= 0.6 is 0 Å². The van der Waals surface area contributed by atoms with Crippen LogP contribution in [-0.4, -0.2) is 0 Å². The fourth-order valence-corrected chi connectivity index (χ4v) is 1.76. The van der Waals surface area contributed by atoms with Gasteiger partial charge in [-0.25, -0.2) is 0 Å². The molecule has 0 heteroatoms. The molecule has 0 aliphatic rings. The molecular formula is C14H24. The summed E-state index contributed by atoms with van der Waals surface area (Å²) in [4.78, 5) is 0. The molecule has 0 saturated heterocycles.